The standard InChI is InChI=1S/C21H19F3N2O/c22-21(23,24)18-10-4-8-16(12-18)20(26-25)17-9-5-11-19(13-17)27-14-15-6-2-1-3-7-15/h1-13,20,26H,14,25H2. The highest BCUT2D eigenvalue weighted by atomic mass is 19.4. The number of rotatable bonds is 6. The molecular formula is C21H19F3N2O. The molecule has 27 heavy (non-hydrogen) atoms. The number of alkyl halides is 3. The van der Waals surface area contributed by atoms with Crippen molar-refractivity contribution in [2.75, 3.05) is 0 Å². The Hall–Kier alpha value is -2.83. The summed E-state index contributed by atoms with van der Waals surface area (Å²) in [7, 11) is 0. The number of benzene rings is 3. The van der Waals surface area contributed by atoms with Crippen LogP contribution in [0.1, 0.15) is 28.3 Å². The van der Waals surface area contributed by atoms with Crippen LogP contribution in [-0.2, 0) is 12.8 Å². The second-order valence-corrected chi connectivity index (χ2v) is 6.07. The summed E-state index contributed by atoms with van der Waals surface area (Å²) in [5.41, 5.74) is 4.04. The molecule has 0 fully saturated rings. The Bertz CT molecular complexity index is 882. The van der Waals surface area contributed by atoms with Gasteiger partial charge in [-0.05, 0) is 41.0 Å². The van der Waals surface area contributed by atoms with Gasteiger partial charge in [-0.25, -0.2) is 5.43 Å². The molecule has 0 bridgehead atoms. The smallest absolute Gasteiger partial charge is 0.416 e. The molecule has 0 heterocycles. The molecule has 3 aromatic rings. The van der Waals surface area contributed by atoms with Crippen LogP contribution in [0.3, 0.4) is 0 Å². The predicted molar refractivity (Wildman–Crippen MR) is 97.8 cm³/mol. The molecule has 1 atom stereocenters. The number of ether oxygens (including phenoxy) is 1. The largest absolute Gasteiger partial charge is 0.489 e. The fourth-order valence-corrected chi connectivity index (χ4v) is 2.80. The van der Waals surface area contributed by atoms with Gasteiger partial charge in [0.1, 0.15) is 12.4 Å². The minimum Gasteiger partial charge on any atom is -0.489 e. The van der Waals surface area contributed by atoms with Gasteiger partial charge in [-0.2, -0.15) is 13.2 Å². The Labute approximate surface area is 155 Å². The summed E-state index contributed by atoms with van der Waals surface area (Å²) < 4.78 is 44.8. The Kier molecular flexibility index (Phi) is 5.78. The highest BCUT2D eigenvalue weighted by Crippen LogP contribution is 2.32. The van der Waals surface area contributed by atoms with Crippen LogP contribution in [0.5, 0.6) is 5.75 Å². The van der Waals surface area contributed by atoms with Crippen molar-refractivity contribution < 1.29 is 17.9 Å². The lowest BCUT2D eigenvalue weighted by atomic mass is 9.97. The van der Waals surface area contributed by atoms with Crippen molar-refractivity contribution in [1.29, 1.82) is 0 Å². The SMILES string of the molecule is NNC(c1cccc(OCc2ccccc2)c1)c1cccc(C(F)(F)F)c1. The van der Waals surface area contributed by atoms with Crippen LogP contribution in [0.15, 0.2) is 78.9 Å². The van der Waals surface area contributed by atoms with Crippen molar-refractivity contribution in [3.05, 3.63) is 101 Å². The van der Waals surface area contributed by atoms with Gasteiger partial charge < -0.3 is 4.74 Å². The molecule has 6 heteroatoms. The quantitative estimate of drug-likeness (QED) is 0.481. The topological polar surface area (TPSA) is 47.3 Å². The van der Waals surface area contributed by atoms with E-state index in [9.17, 15) is 13.2 Å². The molecule has 0 radical (unpaired) electrons. The summed E-state index contributed by atoms with van der Waals surface area (Å²) >= 11 is 0. The van der Waals surface area contributed by atoms with Crippen LogP contribution in [0, 0.1) is 0 Å². The van der Waals surface area contributed by atoms with Crippen molar-refractivity contribution in [1.82, 2.24) is 5.43 Å². The summed E-state index contributed by atoms with van der Waals surface area (Å²) in [6.07, 6.45) is -4.41. The lowest BCUT2D eigenvalue weighted by Crippen LogP contribution is -2.29. The van der Waals surface area contributed by atoms with E-state index in [1.165, 1.54) is 6.07 Å². The van der Waals surface area contributed by atoms with Crippen LogP contribution in [0.2, 0.25) is 0 Å². The lowest BCUT2D eigenvalue weighted by molar-refractivity contribution is -0.137. The lowest BCUT2D eigenvalue weighted by Gasteiger charge is -2.19. The molecule has 140 valence electrons. The third kappa shape index (κ3) is 4.87. The molecule has 0 saturated heterocycles. The van der Waals surface area contributed by atoms with Gasteiger partial charge in [0.15, 0.2) is 0 Å². The zero-order valence-corrected chi connectivity index (χ0v) is 14.4. The number of hydrazine groups is 1. The van der Waals surface area contributed by atoms with Crippen LogP contribution < -0.4 is 16.0 Å². The zero-order chi connectivity index (χ0) is 19.3. The summed E-state index contributed by atoms with van der Waals surface area (Å²) in [6, 6.07) is 21.4. The fourth-order valence-electron chi connectivity index (χ4n) is 2.80. The van der Waals surface area contributed by atoms with E-state index in [-0.39, 0.29) is 0 Å². The van der Waals surface area contributed by atoms with Crippen LogP contribution in [-0.4, -0.2) is 0 Å². The summed E-state index contributed by atoms with van der Waals surface area (Å²) in [6.45, 7) is 0.397. The van der Waals surface area contributed by atoms with Crippen molar-refractivity contribution in [2.45, 2.75) is 18.8 Å². The normalized spacial score (nSPS) is 12.6. The van der Waals surface area contributed by atoms with E-state index >= 15 is 0 Å². The molecule has 0 amide bonds. The van der Waals surface area contributed by atoms with E-state index in [0.29, 0.717) is 23.5 Å². The van der Waals surface area contributed by atoms with Crippen LogP contribution in [0.4, 0.5) is 13.2 Å². The van der Waals surface area contributed by atoms with Gasteiger partial charge in [0.05, 0.1) is 11.6 Å². The Morgan fingerprint density at radius 3 is 2.19 bits per heavy atom. The van der Waals surface area contributed by atoms with Gasteiger partial charge in [0.2, 0.25) is 0 Å². The van der Waals surface area contributed by atoms with Crippen molar-refractivity contribution >= 4 is 0 Å². The Morgan fingerprint density at radius 2 is 1.52 bits per heavy atom. The third-order valence-corrected chi connectivity index (χ3v) is 4.15. The summed E-state index contributed by atoms with van der Waals surface area (Å²) in [4.78, 5) is 0. The molecule has 0 aliphatic carbocycles. The predicted octanol–water partition coefficient (Wildman–Crippen LogP) is 4.84. The first kappa shape index (κ1) is 18.9. The maximum atomic E-state index is 13.0. The van der Waals surface area contributed by atoms with Gasteiger partial charge in [-0.15, -0.1) is 0 Å². The molecule has 0 aromatic heterocycles. The molecule has 3 nitrogen and oxygen atoms in total. The van der Waals surface area contributed by atoms with E-state index in [1.807, 2.05) is 30.3 Å². The number of hydrogen-bond donors (Lipinski definition) is 2. The van der Waals surface area contributed by atoms with Gasteiger partial charge >= 0.3 is 6.18 Å². The molecule has 3 rings (SSSR count). The molecule has 1 unspecified atom stereocenters. The highest BCUT2D eigenvalue weighted by Gasteiger charge is 2.31. The van der Waals surface area contributed by atoms with Crippen molar-refractivity contribution in [3.8, 4) is 5.75 Å². The third-order valence-electron chi connectivity index (χ3n) is 4.15. The van der Waals surface area contributed by atoms with Gasteiger partial charge in [-0.3, -0.25) is 5.84 Å². The molecule has 3 N–H and O–H groups in total. The van der Waals surface area contributed by atoms with E-state index in [1.54, 1.807) is 30.3 Å². The van der Waals surface area contributed by atoms with Gasteiger partial charge in [0, 0.05) is 0 Å². The first-order chi connectivity index (χ1) is 13.0. The first-order valence-electron chi connectivity index (χ1n) is 8.37. The Balaban J connectivity index is 1.82. The van der Waals surface area contributed by atoms with Crippen LogP contribution >= 0.6 is 0 Å². The van der Waals surface area contributed by atoms with E-state index < -0.39 is 17.8 Å². The van der Waals surface area contributed by atoms with Crippen molar-refractivity contribution in [3.63, 3.8) is 0 Å². The average molecular weight is 372 g/mol. The van der Waals surface area contributed by atoms with Gasteiger partial charge in [-0.1, -0.05) is 54.6 Å². The maximum absolute atomic E-state index is 13.0. The van der Waals surface area contributed by atoms with Crippen LogP contribution in [0.25, 0.3) is 0 Å². The monoisotopic (exact) mass is 372 g/mol. The molecular weight excluding hydrogens is 353 g/mol. The molecule has 0 spiro atoms. The van der Waals surface area contributed by atoms with Crippen molar-refractivity contribution in [2.24, 2.45) is 5.84 Å². The summed E-state index contributed by atoms with van der Waals surface area (Å²) in [5, 5.41) is 0. The minimum absolute atomic E-state index is 0.397. The van der Waals surface area contributed by atoms with E-state index in [0.717, 1.165) is 17.7 Å². The minimum atomic E-state index is -4.41. The second-order valence-electron chi connectivity index (χ2n) is 6.07. The van der Waals surface area contributed by atoms with Gasteiger partial charge in [0.25, 0.3) is 0 Å². The van der Waals surface area contributed by atoms with E-state index in [2.05, 4.69) is 5.43 Å². The number of hydrogen-bond acceptors (Lipinski definition) is 3. The maximum Gasteiger partial charge on any atom is 0.416 e. The molecule has 3 aromatic carbocycles. The molecule has 0 saturated carbocycles. The Morgan fingerprint density at radius 1 is 0.852 bits per heavy atom. The highest BCUT2D eigenvalue weighted by molar-refractivity contribution is 5.38. The first-order valence-corrected chi connectivity index (χ1v) is 8.37. The summed E-state index contributed by atoms with van der Waals surface area (Å²) in [5.74, 6) is 6.25. The van der Waals surface area contributed by atoms with E-state index in [4.69, 9.17) is 10.6 Å². The zero-order valence-electron chi connectivity index (χ0n) is 14.4. The second kappa shape index (κ2) is 8.24. The molecule has 0 aliphatic rings. The number of halogens is 3. The number of nitrogens with two attached hydrogens (primary N) is 1. The number of nitrogens with one attached hydrogen (secondary N) is 1. The fraction of sp³-hybridized carbons (Fsp3) is 0.143. The molecule has 0 aliphatic heterocycles. The average Bonchev–Trinajstić information content (AvgIpc) is 2.68.